The first-order valence-electron chi connectivity index (χ1n) is 15.6. The van der Waals surface area contributed by atoms with Gasteiger partial charge in [0.15, 0.2) is 0 Å². The third-order valence-electron chi connectivity index (χ3n) is 10.1. The molecule has 8 rings (SSSR count). The van der Waals surface area contributed by atoms with Gasteiger partial charge in [-0.15, -0.1) is 11.3 Å². The highest BCUT2D eigenvalue weighted by Gasteiger charge is 2.51. The molecule has 0 N–H and O–H groups in total. The number of anilines is 2. The van der Waals surface area contributed by atoms with Crippen LogP contribution in [0.4, 0.5) is 11.4 Å². The number of carbonyl (C=O) groups excluding carboxylic acids is 1. The van der Waals surface area contributed by atoms with Crippen molar-refractivity contribution in [3.63, 3.8) is 0 Å². The zero-order chi connectivity index (χ0) is 29.6. The number of hydrogen-bond donors (Lipinski definition) is 0. The molecule has 4 bridgehead atoms. The minimum absolute atomic E-state index is 0.0173. The molecule has 0 saturated heterocycles. The number of nitrogens with zero attached hydrogens (tertiary/aromatic N) is 3. The fourth-order valence-electron chi connectivity index (χ4n) is 8.62. The number of pyridine rings is 1. The highest BCUT2D eigenvalue weighted by molar-refractivity contribution is 7.10. The van der Waals surface area contributed by atoms with Crippen molar-refractivity contribution in [1.82, 2.24) is 4.98 Å². The molecule has 5 nitrogen and oxygen atoms in total. The minimum Gasteiger partial charge on any atom is -0.378 e. The maximum absolute atomic E-state index is 14.5. The molecule has 4 aromatic rings. The van der Waals surface area contributed by atoms with Crippen molar-refractivity contribution in [3.8, 4) is 0 Å². The Morgan fingerprint density at radius 2 is 1.67 bits per heavy atom. The molecule has 4 aliphatic rings. The third kappa shape index (κ3) is 5.94. The lowest BCUT2D eigenvalue weighted by atomic mass is 9.50. The van der Waals surface area contributed by atoms with E-state index in [4.69, 9.17) is 16.3 Å². The van der Waals surface area contributed by atoms with Crippen molar-refractivity contribution >= 4 is 51.0 Å². The number of benzene rings is 2. The van der Waals surface area contributed by atoms with Gasteiger partial charge >= 0.3 is 0 Å². The number of carbonyl (C=O) groups is 1. The summed E-state index contributed by atoms with van der Waals surface area (Å²) in [5.41, 5.74) is 3.18. The quantitative estimate of drug-likeness (QED) is 0.180. The zero-order valence-electron chi connectivity index (χ0n) is 25.0. The summed E-state index contributed by atoms with van der Waals surface area (Å²) < 4.78 is 6.73. The van der Waals surface area contributed by atoms with E-state index in [1.807, 2.05) is 61.0 Å². The molecule has 1 atom stereocenters. The maximum Gasteiger partial charge on any atom is 0.232 e. The fraction of sp³-hybridized carbons (Fsp3) is 0.444. The van der Waals surface area contributed by atoms with Gasteiger partial charge in [-0.25, -0.2) is 0 Å². The van der Waals surface area contributed by atoms with Gasteiger partial charge in [-0.2, -0.15) is 0 Å². The lowest BCUT2D eigenvalue weighted by molar-refractivity contribution is -0.119. The summed E-state index contributed by atoms with van der Waals surface area (Å²) in [7, 11) is 4.06. The predicted molar refractivity (Wildman–Crippen MR) is 177 cm³/mol. The van der Waals surface area contributed by atoms with E-state index in [0.717, 1.165) is 56.9 Å². The van der Waals surface area contributed by atoms with E-state index in [2.05, 4.69) is 40.2 Å². The summed E-state index contributed by atoms with van der Waals surface area (Å²) in [6, 6.07) is 18.1. The Labute approximate surface area is 263 Å². The number of ether oxygens (including phenoxy) is 1. The highest BCUT2D eigenvalue weighted by atomic mass is 35.5. The fourth-order valence-corrected chi connectivity index (χ4v) is 9.78. The van der Waals surface area contributed by atoms with Crippen molar-refractivity contribution in [2.45, 2.75) is 51.0 Å². The topological polar surface area (TPSA) is 45.7 Å². The van der Waals surface area contributed by atoms with Crippen LogP contribution in [-0.4, -0.2) is 38.2 Å². The Hall–Kier alpha value is -2.93. The van der Waals surface area contributed by atoms with Crippen LogP contribution < -0.4 is 9.80 Å². The van der Waals surface area contributed by atoms with Crippen LogP contribution >= 0.6 is 22.9 Å². The molecule has 4 fully saturated rings. The van der Waals surface area contributed by atoms with Gasteiger partial charge in [0, 0.05) is 53.5 Å². The smallest absolute Gasteiger partial charge is 0.232 e. The van der Waals surface area contributed by atoms with Crippen molar-refractivity contribution in [1.29, 1.82) is 0 Å². The van der Waals surface area contributed by atoms with Gasteiger partial charge in [0.05, 0.1) is 30.7 Å². The number of halogens is 1. The molecule has 4 saturated carbocycles. The van der Waals surface area contributed by atoms with Crippen molar-refractivity contribution in [2.75, 3.05) is 37.1 Å². The van der Waals surface area contributed by atoms with Gasteiger partial charge in [0.25, 0.3) is 0 Å². The van der Waals surface area contributed by atoms with E-state index in [1.54, 1.807) is 11.3 Å². The Kier molecular flexibility index (Phi) is 7.95. The molecule has 7 heteroatoms. The van der Waals surface area contributed by atoms with Gasteiger partial charge in [-0.3, -0.25) is 9.78 Å². The molecule has 2 aromatic heterocycles. The average Bonchev–Trinajstić information content (AvgIpc) is 3.42. The van der Waals surface area contributed by atoms with Gasteiger partial charge in [0.1, 0.15) is 0 Å². The summed E-state index contributed by atoms with van der Waals surface area (Å²) in [5, 5.41) is 4.74. The second kappa shape index (κ2) is 11.9. The van der Waals surface area contributed by atoms with E-state index in [0.29, 0.717) is 17.0 Å². The van der Waals surface area contributed by atoms with Crippen LogP contribution in [0.5, 0.6) is 0 Å². The van der Waals surface area contributed by atoms with E-state index in [1.165, 1.54) is 38.5 Å². The molecule has 1 amide bonds. The van der Waals surface area contributed by atoms with Gasteiger partial charge in [-0.1, -0.05) is 35.9 Å². The molecule has 4 aliphatic carbocycles. The SMILES string of the molecule is CN(C)c1ccc(N(C(=O)Cc2cncc3ccccc23)[C@H](COCC23CC4CC(CC(C4)C2)C3)c2cc(Cl)cs2)cc1. The van der Waals surface area contributed by atoms with Crippen LogP contribution in [0.1, 0.15) is 55.0 Å². The Bertz CT molecular complexity index is 1560. The molecule has 43 heavy (non-hydrogen) atoms. The summed E-state index contributed by atoms with van der Waals surface area (Å²) >= 11 is 8.08. The molecule has 0 aliphatic heterocycles. The van der Waals surface area contributed by atoms with Crippen molar-refractivity contribution in [3.05, 3.63) is 87.8 Å². The monoisotopic (exact) mass is 613 g/mol. The van der Waals surface area contributed by atoms with Crippen LogP contribution in [0.3, 0.4) is 0 Å². The molecule has 224 valence electrons. The van der Waals surface area contributed by atoms with E-state index < -0.39 is 0 Å². The largest absolute Gasteiger partial charge is 0.378 e. The van der Waals surface area contributed by atoms with Crippen molar-refractivity contribution in [2.24, 2.45) is 23.2 Å². The first-order chi connectivity index (χ1) is 20.9. The Morgan fingerprint density at radius 1 is 1.00 bits per heavy atom. The summed E-state index contributed by atoms with van der Waals surface area (Å²) in [6.07, 6.45) is 12.1. The first kappa shape index (κ1) is 28.8. The second-order valence-corrected chi connectivity index (χ2v) is 14.9. The molecular weight excluding hydrogens is 574 g/mol. The van der Waals surface area contributed by atoms with Crippen LogP contribution in [-0.2, 0) is 16.0 Å². The summed E-state index contributed by atoms with van der Waals surface area (Å²) in [5.74, 6) is 2.65. The number of aromatic nitrogens is 1. The average molecular weight is 614 g/mol. The van der Waals surface area contributed by atoms with E-state index in [-0.39, 0.29) is 18.4 Å². The number of fused-ring (bicyclic) bond motifs is 1. The molecule has 0 unspecified atom stereocenters. The van der Waals surface area contributed by atoms with Crippen LogP contribution in [0.15, 0.2) is 72.4 Å². The van der Waals surface area contributed by atoms with Gasteiger partial charge < -0.3 is 14.5 Å². The standard InChI is InChI=1S/C36H40ClN3O2S/c1-39(2)30-7-9-31(10-8-30)40(35(41)14-28-20-38-19-27-5-3-4-6-32(27)28)33(34-15-29(37)22-43-34)21-42-23-36-16-24-11-25(17-36)13-26(12-24)18-36/h3-10,15,19-20,22,24-26,33H,11-14,16-18,21,23H2,1-2H3/t24?,25?,26?,33-,36?/m1/s1. The summed E-state index contributed by atoms with van der Waals surface area (Å²) in [6.45, 7) is 1.22. The lowest BCUT2D eigenvalue weighted by Crippen LogP contribution is -2.48. The highest BCUT2D eigenvalue weighted by Crippen LogP contribution is 2.60. The lowest BCUT2D eigenvalue weighted by Gasteiger charge is -2.56. The van der Waals surface area contributed by atoms with Crippen LogP contribution in [0.25, 0.3) is 10.8 Å². The second-order valence-electron chi connectivity index (χ2n) is 13.5. The molecule has 2 aromatic carbocycles. The minimum atomic E-state index is -0.285. The van der Waals surface area contributed by atoms with Crippen LogP contribution in [0.2, 0.25) is 5.02 Å². The number of thiophene rings is 1. The molecule has 2 heterocycles. The summed E-state index contributed by atoms with van der Waals surface area (Å²) in [4.78, 5) is 24.0. The van der Waals surface area contributed by atoms with Crippen LogP contribution in [0, 0.1) is 23.2 Å². The Morgan fingerprint density at radius 3 is 2.33 bits per heavy atom. The van der Waals surface area contributed by atoms with Gasteiger partial charge in [-0.05, 0) is 103 Å². The molecule has 0 radical (unpaired) electrons. The Balaban J connectivity index is 1.20. The maximum atomic E-state index is 14.5. The number of amides is 1. The molecular formula is C36H40ClN3O2S. The third-order valence-corrected chi connectivity index (χ3v) is 11.5. The predicted octanol–water partition coefficient (Wildman–Crippen LogP) is 8.57. The zero-order valence-corrected chi connectivity index (χ0v) is 26.6. The molecule has 0 spiro atoms. The van der Waals surface area contributed by atoms with Gasteiger partial charge in [0.2, 0.25) is 5.91 Å². The van der Waals surface area contributed by atoms with E-state index >= 15 is 0 Å². The first-order valence-corrected chi connectivity index (χ1v) is 16.8. The number of hydrogen-bond acceptors (Lipinski definition) is 5. The normalized spacial score (nSPS) is 24.8. The van der Waals surface area contributed by atoms with Crippen molar-refractivity contribution < 1.29 is 9.53 Å². The van der Waals surface area contributed by atoms with E-state index in [9.17, 15) is 4.79 Å². The number of rotatable bonds is 10.